The lowest BCUT2D eigenvalue weighted by Gasteiger charge is -2.33. The number of aromatic nitrogens is 4. The lowest BCUT2D eigenvalue weighted by atomic mass is 9.97. The van der Waals surface area contributed by atoms with Gasteiger partial charge in [0.2, 0.25) is 0 Å². The number of thiophene rings is 2. The second kappa shape index (κ2) is 21.7. The molecule has 0 radical (unpaired) electrons. The average molecular weight is 1250 g/mol. The number of piperazine rings is 1. The monoisotopic (exact) mass is 1250 g/mol. The number of ether oxygens (including phenoxy) is 2. The number of carbonyl (C=O) groups excluding carboxylic acids is 6. The summed E-state index contributed by atoms with van der Waals surface area (Å²) in [4.78, 5) is 104. The number of H-pyrrole nitrogens is 4. The van der Waals surface area contributed by atoms with Gasteiger partial charge in [-0.3, -0.25) is 19.2 Å². The van der Waals surface area contributed by atoms with E-state index in [1.807, 2.05) is 97.4 Å². The van der Waals surface area contributed by atoms with Crippen molar-refractivity contribution in [3.05, 3.63) is 177 Å². The van der Waals surface area contributed by atoms with Crippen LogP contribution < -0.4 is 29.9 Å². The number of alkyl halides is 2. The predicted molar refractivity (Wildman–Crippen MR) is 348 cm³/mol. The molecule has 22 heteroatoms. The van der Waals surface area contributed by atoms with Gasteiger partial charge in [-0.15, -0.1) is 45.9 Å². The van der Waals surface area contributed by atoms with Crippen LogP contribution in [-0.2, 0) is 0 Å². The van der Waals surface area contributed by atoms with Gasteiger partial charge >= 0.3 is 12.2 Å². The second-order valence-electron chi connectivity index (χ2n) is 22.5. The third-order valence-electron chi connectivity index (χ3n) is 17.0. The standard InChI is InChI=1S/C66H52Cl2N10O8S2/c1-33-31-87-59-53(25-51-57(55(33)59)39(27-67)29-77(51)63(81)49-23-37-19-41(11-13-45(37)73-49)69-61(79)47-21-35-7-3-5-9-43(35)71-47)85-65(83)75-15-17-76(18-16-75)66(84)86-54-26-52-58(56-34(2)32-88-60(54)56)40(28-68)30-78(52)64(82)50-24-38-20-42(12-14-46(38)74-50)70-62(80)48-22-36-8-4-6-10-44(36)72-48/h3-14,19-26,31-32,39-40,71-74H,15-18,27-30H2,1-2H3,(H,69,79)(H,70,80)/t39-,40-/m1/s1. The number of nitrogens with one attached hydrogen (secondary N) is 6. The Morgan fingerprint density at radius 3 is 1.30 bits per heavy atom. The maximum atomic E-state index is 14.6. The second-order valence-corrected chi connectivity index (χ2v) is 24.9. The highest BCUT2D eigenvalue weighted by molar-refractivity contribution is 7.18. The normalized spacial score (nSPS) is 15.7. The zero-order valence-electron chi connectivity index (χ0n) is 47.1. The minimum absolute atomic E-state index is 0.152. The molecule has 2 atom stereocenters. The van der Waals surface area contributed by atoms with Gasteiger partial charge in [-0.05, 0) is 120 Å². The van der Waals surface area contributed by atoms with Crippen molar-refractivity contribution in [3.8, 4) is 11.5 Å². The molecule has 6 N–H and O–H groups in total. The Labute approximate surface area is 518 Å². The van der Waals surface area contributed by atoms with E-state index in [1.54, 1.807) is 68.1 Å². The van der Waals surface area contributed by atoms with Crippen LogP contribution in [0.2, 0.25) is 0 Å². The van der Waals surface area contributed by atoms with Crippen LogP contribution in [0.3, 0.4) is 0 Å². The largest absolute Gasteiger partial charge is 0.415 e. The molecular formula is C66H52Cl2N10O8S2. The summed E-state index contributed by atoms with van der Waals surface area (Å²) in [5, 5.41) is 15.0. The van der Waals surface area contributed by atoms with Gasteiger partial charge in [-0.2, -0.15) is 0 Å². The Kier molecular flexibility index (Phi) is 13.5. The molecule has 6 aromatic heterocycles. The summed E-state index contributed by atoms with van der Waals surface area (Å²) in [6.45, 7) is 5.19. The van der Waals surface area contributed by atoms with Gasteiger partial charge in [0.25, 0.3) is 23.6 Å². The molecule has 6 aromatic carbocycles. The quantitative estimate of drug-likeness (QED) is 0.0721. The van der Waals surface area contributed by atoms with E-state index < -0.39 is 12.2 Å². The van der Waals surface area contributed by atoms with Crippen LogP contribution in [0, 0.1) is 13.8 Å². The number of fused-ring (bicyclic) bond motifs is 10. The van der Waals surface area contributed by atoms with E-state index in [0.717, 1.165) is 75.0 Å². The minimum atomic E-state index is -0.607. The highest BCUT2D eigenvalue weighted by Crippen LogP contribution is 2.51. The summed E-state index contributed by atoms with van der Waals surface area (Å²) in [5.41, 5.74) is 10.7. The molecule has 88 heavy (non-hydrogen) atoms. The van der Waals surface area contributed by atoms with Crippen molar-refractivity contribution in [1.29, 1.82) is 0 Å². The zero-order chi connectivity index (χ0) is 60.2. The smallest absolute Gasteiger partial charge is 0.409 e. The first-order valence-electron chi connectivity index (χ1n) is 28.6. The first kappa shape index (κ1) is 55.0. The van der Waals surface area contributed by atoms with E-state index in [4.69, 9.17) is 32.7 Å². The number of hydrogen-bond donors (Lipinski definition) is 6. The summed E-state index contributed by atoms with van der Waals surface area (Å²) in [7, 11) is 0. The highest BCUT2D eigenvalue weighted by atomic mass is 35.5. The zero-order valence-corrected chi connectivity index (χ0v) is 50.3. The molecule has 3 aliphatic heterocycles. The fourth-order valence-electron chi connectivity index (χ4n) is 12.7. The summed E-state index contributed by atoms with van der Waals surface area (Å²) >= 11 is 16.2. The van der Waals surface area contributed by atoms with Crippen molar-refractivity contribution < 1.29 is 38.2 Å². The third-order valence-corrected chi connectivity index (χ3v) is 20.0. The number of benzene rings is 6. The highest BCUT2D eigenvalue weighted by Gasteiger charge is 2.40. The fourth-order valence-corrected chi connectivity index (χ4v) is 15.3. The molecule has 1 fully saturated rings. The molecule has 1 saturated heterocycles. The van der Waals surface area contributed by atoms with Crippen LogP contribution in [0.5, 0.6) is 11.5 Å². The number of amides is 6. The number of nitrogens with zero attached hydrogens (tertiary/aromatic N) is 4. The number of anilines is 4. The average Bonchev–Trinajstić information content (AvgIpc) is 4.08. The van der Waals surface area contributed by atoms with Crippen LogP contribution in [0.4, 0.5) is 32.3 Å². The number of aryl methyl sites for hydroxylation is 2. The number of rotatable bonds is 10. The lowest BCUT2D eigenvalue weighted by molar-refractivity contribution is 0.0976. The SMILES string of the molecule is Cc1csc2c(OC(=O)N3CCN(C(=O)Oc4cc5c(c6c(C)csc46)[C@H](CCl)CN5C(=O)c4cc5cc(NC(=O)c6cc7ccccc7[nH]6)ccc5[nH]4)CC3)cc3c(c12)[C@H](CCl)CN3C(=O)c1cc2cc(NC(=O)c3cc4ccccc4[nH]3)ccc2[nH]1. The molecule has 6 amide bonds. The molecule has 9 heterocycles. The number of halogens is 2. The van der Waals surface area contributed by atoms with Crippen molar-refractivity contribution in [2.45, 2.75) is 25.7 Å². The number of carbonyl (C=O) groups is 6. The molecule has 0 aliphatic carbocycles. The molecule has 18 nitrogen and oxygen atoms in total. The molecule has 15 rings (SSSR count). The van der Waals surface area contributed by atoms with Gasteiger partial charge in [0, 0.05) is 141 Å². The van der Waals surface area contributed by atoms with Gasteiger partial charge in [0.05, 0.1) is 20.8 Å². The lowest BCUT2D eigenvalue weighted by Crippen LogP contribution is -2.52. The molecule has 0 unspecified atom stereocenters. The van der Waals surface area contributed by atoms with E-state index in [9.17, 15) is 28.8 Å². The van der Waals surface area contributed by atoms with Crippen LogP contribution in [0.1, 0.15) is 76.0 Å². The van der Waals surface area contributed by atoms with Crippen LogP contribution in [0.15, 0.2) is 132 Å². The molecule has 0 spiro atoms. The topological polar surface area (TPSA) is 221 Å². The van der Waals surface area contributed by atoms with Crippen molar-refractivity contribution >= 4 is 168 Å². The van der Waals surface area contributed by atoms with Gasteiger partial charge < -0.3 is 59.6 Å². The molecule has 0 saturated carbocycles. The summed E-state index contributed by atoms with van der Waals surface area (Å²) < 4.78 is 14.0. The van der Waals surface area contributed by atoms with Gasteiger partial charge in [-0.1, -0.05) is 36.4 Å². The first-order chi connectivity index (χ1) is 42.7. The van der Waals surface area contributed by atoms with Crippen LogP contribution in [0.25, 0.3) is 63.8 Å². The Balaban J connectivity index is 0.629. The van der Waals surface area contributed by atoms with Crippen molar-refractivity contribution in [2.24, 2.45) is 0 Å². The van der Waals surface area contributed by atoms with E-state index in [1.165, 1.54) is 22.7 Å². The van der Waals surface area contributed by atoms with Crippen molar-refractivity contribution in [1.82, 2.24) is 29.7 Å². The maximum absolute atomic E-state index is 14.6. The minimum Gasteiger partial charge on any atom is -0.409 e. The maximum Gasteiger partial charge on any atom is 0.415 e. The van der Waals surface area contributed by atoms with E-state index in [-0.39, 0.29) is 73.4 Å². The summed E-state index contributed by atoms with van der Waals surface area (Å²) in [5.74, 6) is -0.475. The number of hydrogen-bond acceptors (Lipinski definition) is 10. The Bertz CT molecular complexity index is 4560. The Hall–Kier alpha value is -9.60. The molecule has 440 valence electrons. The number of aromatic amines is 4. The van der Waals surface area contributed by atoms with E-state index in [0.29, 0.717) is 81.1 Å². The predicted octanol–water partition coefficient (Wildman–Crippen LogP) is 14.4. The number of para-hydroxylation sites is 2. The van der Waals surface area contributed by atoms with Gasteiger partial charge in [0.1, 0.15) is 22.8 Å². The van der Waals surface area contributed by atoms with E-state index >= 15 is 0 Å². The molecule has 12 aromatic rings. The molecule has 3 aliphatic rings. The van der Waals surface area contributed by atoms with Crippen molar-refractivity contribution in [3.63, 3.8) is 0 Å². The molecular weight excluding hydrogens is 1200 g/mol. The Morgan fingerprint density at radius 2 is 0.886 bits per heavy atom. The van der Waals surface area contributed by atoms with Crippen LogP contribution >= 0.6 is 45.9 Å². The Morgan fingerprint density at radius 1 is 0.500 bits per heavy atom. The molecule has 0 bridgehead atoms. The summed E-state index contributed by atoms with van der Waals surface area (Å²) in [6, 6.07) is 36.8. The third kappa shape index (κ3) is 9.45. The van der Waals surface area contributed by atoms with Crippen LogP contribution in [-0.4, -0.2) is 117 Å². The fraction of sp³-hybridized carbons (Fsp3) is 0.182. The van der Waals surface area contributed by atoms with E-state index in [2.05, 4.69) is 30.6 Å². The first-order valence-corrected chi connectivity index (χ1v) is 31.4. The van der Waals surface area contributed by atoms with Crippen molar-refractivity contribution in [2.75, 3.05) is 71.5 Å². The summed E-state index contributed by atoms with van der Waals surface area (Å²) in [6.07, 6.45) is -1.21. The van der Waals surface area contributed by atoms with Gasteiger partial charge in [-0.25, -0.2) is 9.59 Å². The van der Waals surface area contributed by atoms with Gasteiger partial charge in [0.15, 0.2) is 11.5 Å².